The van der Waals surface area contributed by atoms with Crippen LogP contribution in [0, 0.1) is 5.92 Å². The van der Waals surface area contributed by atoms with Gasteiger partial charge in [-0.1, -0.05) is 18.2 Å². The van der Waals surface area contributed by atoms with E-state index in [-0.39, 0.29) is 17.7 Å². The normalized spacial score (nSPS) is 21.4. The Balaban J connectivity index is 1.61. The summed E-state index contributed by atoms with van der Waals surface area (Å²) < 4.78 is 0. The Hall–Kier alpha value is -2.30. The van der Waals surface area contributed by atoms with Gasteiger partial charge in [0.15, 0.2) is 0 Å². The quantitative estimate of drug-likeness (QED) is 0.825. The molecule has 108 valence electrons. The first-order valence-electron chi connectivity index (χ1n) is 7.36. The topological polar surface area (TPSA) is 65.2 Å². The molecule has 2 amide bonds. The second-order valence-corrected chi connectivity index (χ2v) is 5.84. The summed E-state index contributed by atoms with van der Waals surface area (Å²) in [5.74, 6) is -0.105. The van der Waals surface area contributed by atoms with Gasteiger partial charge in [-0.3, -0.25) is 9.59 Å². The molecule has 1 atom stereocenters. The van der Waals surface area contributed by atoms with Gasteiger partial charge in [0, 0.05) is 54.6 Å². The van der Waals surface area contributed by atoms with Crippen molar-refractivity contribution < 1.29 is 9.59 Å². The zero-order valence-electron chi connectivity index (χ0n) is 11.7. The number of aromatic amines is 1. The average molecular weight is 283 g/mol. The minimum atomic E-state index is -0.191. The van der Waals surface area contributed by atoms with E-state index < -0.39 is 0 Å². The van der Waals surface area contributed by atoms with Gasteiger partial charge in [-0.05, 0) is 6.07 Å². The van der Waals surface area contributed by atoms with E-state index in [1.54, 1.807) is 0 Å². The highest BCUT2D eigenvalue weighted by atomic mass is 16.2. The lowest BCUT2D eigenvalue weighted by atomic mass is 10.0. The molecule has 0 aliphatic carbocycles. The van der Waals surface area contributed by atoms with Crippen molar-refractivity contribution in [1.82, 2.24) is 15.2 Å². The molecule has 1 fully saturated rings. The van der Waals surface area contributed by atoms with E-state index in [4.69, 9.17) is 0 Å². The molecule has 0 spiro atoms. The number of benzene rings is 1. The molecule has 1 saturated heterocycles. The second-order valence-electron chi connectivity index (χ2n) is 5.84. The van der Waals surface area contributed by atoms with E-state index in [1.165, 1.54) is 16.6 Å². The first kappa shape index (κ1) is 12.4. The zero-order chi connectivity index (χ0) is 14.4. The molecule has 1 unspecified atom stereocenters. The Morgan fingerprint density at radius 2 is 2.14 bits per heavy atom. The molecule has 0 radical (unpaired) electrons. The molecule has 2 aromatic rings. The minimum Gasteiger partial charge on any atom is -0.358 e. The first-order chi connectivity index (χ1) is 10.2. The highest BCUT2D eigenvalue weighted by Gasteiger charge is 2.33. The van der Waals surface area contributed by atoms with E-state index in [1.807, 2.05) is 17.0 Å². The molecule has 0 saturated carbocycles. The van der Waals surface area contributed by atoms with Crippen LogP contribution in [0.4, 0.5) is 0 Å². The average Bonchev–Trinajstić information content (AvgIpc) is 3.09. The van der Waals surface area contributed by atoms with Crippen LogP contribution in [0.25, 0.3) is 10.9 Å². The summed E-state index contributed by atoms with van der Waals surface area (Å²) >= 11 is 0. The van der Waals surface area contributed by atoms with Crippen molar-refractivity contribution in [2.24, 2.45) is 5.92 Å². The molecule has 1 aromatic carbocycles. The summed E-state index contributed by atoms with van der Waals surface area (Å²) in [7, 11) is 0. The van der Waals surface area contributed by atoms with Gasteiger partial charge in [0.1, 0.15) is 0 Å². The lowest BCUT2D eigenvalue weighted by Gasteiger charge is -2.29. The largest absolute Gasteiger partial charge is 0.358 e. The van der Waals surface area contributed by atoms with Gasteiger partial charge in [0.05, 0.1) is 5.92 Å². The molecule has 21 heavy (non-hydrogen) atoms. The van der Waals surface area contributed by atoms with Crippen molar-refractivity contribution in [3.63, 3.8) is 0 Å². The van der Waals surface area contributed by atoms with E-state index in [2.05, 4.69) is 22.4 Å². The lowest BCUT2D eigenvalue weighted by Crippen LogP contribution is -2.40. The molecular weight excluding hydrogens is 266 g/mol. The van der Waals surface area contributed by atoms with Crippen LogP contribution in [0.1, 0.15) is 17.7 Å². The summed E-state index contributed by atoms with van der Waals surface area (Å²) in [5.41, 5.74) is 3.60. The van der Waals surface area contributed by atoms with Crippen LogP contribution in [0.3, 0.4) is 0 Å². The van der Waals surface area contributed by atoms with Crippen LogP contribution >= 0.6 is 0 Å². The third-order valence-corrected chi connectivity index (χ3v) is 4.52. The Labute approximate surface area is 122 Å². The van der Waals surface area contributed by atoms with E-state index in [0.717, 1.165) is 18.5 Å². The maximum absolute atomic E-state index is 12.5. The summed E-state index contributed by atoms with van der Waals surface area (Å²) in [6.07, 6.45) is 1.18. The maximum Gasteiger partial charge on any atom is 0.228 e. The molecule has 5 heteroatoms. The number of rotatable bonds is 1. The molecule has 1 aromatic heterocycles. The van der Waals surface area contributed by atoms with Crippen LogP contribution in [-0.2, 0) is 22.6 Å². The van der Waals surface area contributed by atoms with Gasteiger partial charge in [0.2, 0.25) is 11.8 Å². The standard InChI is InChI=1S/C16H17N3O2/c20-15-7-10(8-17-15)16(21)19-6-5-14-12(9-19)11-3-1-2-4-13(11)18-14/h1-4,10,18H,5-9H2,(H,17,20). The van der Waals surface area contributed by atoms with Gasteiger partial charge in [0.25, 0.3) is 0 Å². The molecule has 2 N–H and O–H groups in total. The molecule has 5 nitrogen and oxygen atoms in total. The van der Waals surface area contributed by atoms with Crippen molar-refractivity contribution in [2.45, 2.75) is 19.4 Å². The second kappa shape index (κ2) is 4.62. The highest BCUT2D eigenvalue weighted by molar-refractivity contribution is 5.90. The third kappa shape index (κ3) is 2.00. The van der Waals surface area contributed by atoms with E-state index in [9.17, 15) is 9.59 Å². The minimum absolute atomic E-state index is 0.0156. The zero-order valence-corrected chi connectivity index (χ0v) is 11.7. The van der Waals surface area contributed by atoms with Crippen molar-refractivity contribution >= 4 is 22.7 Å². The van der Waals surface area contributed by atoms with Crippen molar-refractivity contribution in [1.29, 1.82) is 0 Å². The van der Waals surface area contributed by atoms with Gasteiger partial charge in [-0.2, -0.15) is 0 Å². The monoisotopic (exact) mass is 283 g/mol. The van der Waals surface area contributed by atoms with Gasteiger partial charge >= 0.3 is 0 Å². The van der Waals surface area contributed by atoms with Gasteiger partial charge in [-0.25, -0.2) is 0 Å². The summed E-state index contributed by atoms with van der Waals surface area (Å²) in [4.78, 5) is 29.2. The number of hydrogen-bond acceptors (Lipinski definition) is 2. The molecule has 3 heterocycles. The smallest absolute Gasteiger partial charge is 0.228 e. The molecule has 4 rings (SSSR count). The first-order valence-corrected chi connectivity index (χ1v) is 7.36. The lowest BCUT2D eigenvalue weighted by molar-refractivity contribution is -0.136. The fraction of sp³-hybridized carbons (Fsp3) is 0.375. The number of carbonyl (C=O) groups is 2. The van der Waals surface area contributed by atoms with Crippen molar-refractivity contribution in [3.05, 3.63) is 35.5 Å². The Kier molecular flexibility index (Phi) is 2.74. The molecule has 0 bridgehead atoms. The molecule has 2 aliphatic rings. The van der Waals surface area contributed by atoms with Crippen LogP contribution < -0.4 is 5.32 Å². The summed E-state index contributed by atoms with van der Waals surface area (Å²) in [6.45, 7) is 1.85. The number of para-hydroxylation sites is 1. The number of nitrogens with zero attached hydrogens (tertiary/aromatic N) is 1. The maximum atomic E-state index is 12.5. The predicted octanol–water partition coefficient (Wildman–Crippen LogP) is 1.19. The number of aromatic nitrogens is 1. The van der Waals surface area contributed by atoms with Crippen LogP contribution in [0.2, 0.25) is 0 Å². The predicted molar refractivity (Wildman–Crippen MR) is 78.5 cm³/mol. The van der Waals surface area contributed by atoms with E-state index in [0.29, 0.717) is 19.5 Å². The summed E-state index contributed by atoms with van der Waals surface area (Å²) in [5, 5.41) is 3.94. The number of fused-ring (bicyclic) bond motifs is 3. The Bertz CT molecular complexity index is 734. The van der Waals surface area contributed by atoms with Crippen molar-refractivity contribution in [2.75, 3.05) is 13.1 Å². The van der Waals surface area contributed by atoms with Crippen LogP contribution in [0.5, 0.6) is 0 Å². The van der Waals surface area contributed by atoms with Crippen LogP contribution in [0.15, 0.2) is 24.3 Å². The Morgan fingerprint density at radius 3 is 2.95 bits per heavy atom. The molecule has 2 aliphatic heterocycles. The fourth-order valence-electron chi connectivity index (χ4n) is 3.39. The van der Waals surface area contributed by atoms with Gasteiger partial charge < -0.3 is 15.2 Å². The Morgan fingerprint density at radius 1 is 1.29 bits per heavy atom. The van der Waals surface area contributed by atoms with Crippen molar-refractivity contribution in [3.8, 4) is 0 Å². The fourth-order valence-corrected chi connectivity index (χ4v) is 3.39. The van der Waals surface area contributed by atoms with E-state index >= 15 is 0 Å². The highest BCUT2D eigenvalue weighted by Crippen LogP contribution is 2.28. The van der Waals surface area contributed by atoms with Gasteiger partial charge in [-0.15, -0.1) is 0 Å². The number of hydrogen-bond donors (Lipinski definition) is 2. The number of nitrogens with one attached hydrogen (secondary N) is 2. The third-order valence-electron chi connectivity index (χ3n) is 4.52. The number of H-pyrrole nitrogens is 1. The number of carbonyl (C=O) groups excluding carboxylic acids is 2. The SMILES string of the molecule is O=C1CC(C(=O)N2CCc3[nH]c4ccccc4c3C2)CN1. The van der Waals surface area contributed by atoms with Crippen LogP contribution in [-0.4, -0.2) is 34.8 Å². The summed E-state index contributed by atoms with van der Waals surface area (Å²) in [6, 6.07) is 8.21. The number of amides is 2. The molecular formula is C16H17N3O2.